The molecule has 0 aliphatic heterocycles. The number of carbonyl (C=O) groups excluding carboxylic acids is 2. The van der Waals surface area contributed by atoms with E-state index in [0.29, 0.717) is 17.2 Å². The molecule has 0 aliphatic carbocycles. The van der Waals surface area contributed by atoms with E-state index in [4.69, 9.17) is 21.1 Å². The maximum atomic E-state index is 12.0. The van der Waals surface area contributed by atoms with E-state index < -0.39 is 18.2 Å². The van der Waals surface area contributed by atoms with Gasteiger partial charge in [0, 0.05) is 11.6 Å². The van der Waals surface area contributed by atoms with E-state index in [1.165, 1.54) is 7.11 Å². The van der Waals surface area contributed by atoms with Gasteiger partial charge in [-0.2, -0.15) is 0 Å². The van der Waals surface area contributed by atoms with Crippen LogP contribution < -0.4 is 5.32 Å². The molecule has 0 aliphatic rings. The molecule has 2 aromatic carbocycles. The van der Waals surface area contributed by atoms with Gasteiger partial charge in [0.25, 0.3) is 0 Å². The number of hydrogen-bond acceptors (Lipinski definition) is 5. The third kappa shape index (κ3) is 6.27. The lowest BCUT2D eigenvalue weighted by molar-refractivity contribution is 0.0525. The van der Waals surface area contributed by atoms with Gasteiger partial charge >= 0.3 is 12.1 Å². The molecule has 0 saturated heterocycles. The van der Waals surface area contributed by atoms with Crippen LogP contribution >= 0.6 is 11.6 Å². The molecule has 0 heterocycles. The summed E-state index contributed by atoms with van der Waals surface area (Å²) < 4.78 is 15.6. The molecule has 1 atom stereocenters. The Morgan fingerprint density at radius 3 is 2.48 bits per heavy atom. The molecule has 6 nitrogen and oxygen atoms in total. The second-order valence-electron chi connectivity index (χ2n) is 5.57. The van der Waals surface area contributed by atoms with Crippen molar-refractivity contribution >= 4 is 23.7 Å². The number of nitrogens with one attached hydrogen (secondary N) is 1. The number of alkyl carbamates (subject to hydrolysis) is 1. The fourth-order valence-electron chi connectivity index (χ4n) is 2.50. The van der Waals surface area contributed by atoms with Crippen LogP contribution in [0.5, 0.6) is 0 Å². The molecule has 1 unspecified atom stereocenters. The van der Waals surface area contributed by atoms with E-state index in [9.17, 15) is 9.59 Å². The minimum atomic E-state index is -0.526. The number of methoxy groups -OCH3 is 1. The van der Waals surface area contributed by atoms with Crippen molar-refractivity contribution in [2.75, 3.05) is 26.9 Å². The number of rotatable bonds is 8. The first-order valence-corrected chi connectivity index (χ1v) is 8.89. The number of halogens is 1. The van der Waals surface area contributed by atoms with Crippen LogP contribution in [0, 0.1) is 0 Å². The SMILES string of the molecule is CCOC(=O)c1cccc(C(OCCNC(=O)OC)c2cccc(Cl)c2)c1. The van der Waals surface area contributed by atoms with Crippen molar-refractivity contribution in [3.8, 4) is 0 Å². The van der Waals surface area contributed by atoms with E-state index in [1.54, 1.807) is 37.3 Å². The topological polar surface area (TPSA) is 73.9 Å². The first-order valence-electron chi connectivity index (χ1n) is 8.51. The number of hydrogen-bond donors (Lipinski definition) is 1. The zero-order chi connectivity index (χ0) is 19.6. The highest BCUT2D eigenvalue weighted by atomic mass is 35.5. The molecule has 0 radical (unpaired) electrons. The van der Waals surface area contributed by atoms with Gasteiger partial charge in [-0.15, -0.1) is 0 Å². The molecule has 27 heavy (non-hydrogen) atoms. The predicted octanol–water partition coefficient (Wildman–Crippen LogP) is 3.98. The average Bonchev–Trinajstić information content (AvgIpc) is 2.68. The second-order valence-corrected chi connectivity index (χ2v) is 6.01. The smallest absolute Gasteiger partial charge is 0.406 e. The van der Waals surface area contributed by atoms with Crippen LogP contribution in [0.15, 0.2) is 48.5 Å². The molecular formula is C20H22ClNO5. The van der Waals surface area contributed by atoms with Crippen molar-refractivity contribution in [3.63, 3.8) is 0 Å². The molecular weight excluding hydrogens is 370 g/mol. The average molecular weight is 392 g/mol. The zero-order valence-electron chi connectivity index (χ0n) is 15.2. The van der Waals surface area contributed by atoms with Crippen molar-refractivity contribution in [2.45, 2.75) is 13.0 Å². The van der Waals surface area contributed by atoms with Gasteiger partial charge in [0.05, 0.1) is 25.9 Å². The molecule has 0 fully saturated rings. The van der Waals surface area contributed by atoms with Gasteiger partial charge in [-0.25, -0.2) is 9.59 Å². The predicted molar refractivity (Wildman–Crippen MR) is 102 cm³/mol. The van der Waals surface area contributed by atoms with Crippen LogP contribution in [-0.4, -0.2) is 38.9 Å². The Morgan fingerprint density at radius 2 is 1.81 bits per heavy atom. The molecule has 1 N–H and O–H groups in total. The third-order valence-corrected chi connectivity index (χ3v) is 3.93. The summed E-state index contributed by atoms with van der Waals surface area (Å²) in [6.07, 6.45) is -0.986. The summed E-state index contributed by atoms with van der Waals surface area (Å²) in [6.45, 7) is 2.58. The van der Waals surface area contributed by atoms with Gasteiger partial charge in [-0.05, 0) is 42.3 Å². The van der Waals surface area contributed by atoms with E-state index >= 15 is 0 Å². The maximum Gasteiger partial charge on any atom is 0.406 e. The molecule has 2 rings (SSSR count). The summed E-state index contributed by atoms with van der Waals surface area (Å²) in [5.74, 6) is -0.392. The zero-order valence-corrected chi connectivity index (χ0v) is 16.0. The number of amides is 1. The number of carbonyl (C=O) groups is 2. The molecule has 144 valence electrons. The van der Waals surface area contributed by atoms with Crippen LogP contribution in [0.3, 0.4) is 0 Å². The summed E-state index contributed by atoms with van der Waals surface area (Å²) in [6, 6.07) is 14.4. The first-order chi connectivity index (χ1) is 13.0. The summed E-state index contributed by atoms with van der Waals surface area (Å²) in [5.41, 5.74) is 2.06. The van der Waals surface area contributed by atoms with Gasteiger partial charge < -0.3 is 19.5 Å². The summed E-state index contributed by atoms with van der Waals surface area (Å²) in [7, 11) is 1.30. The highest BCUT2D eigenvalue weighted by molar-refractivity contribution is 6.30. The Labute approximate surface area is 163 Å². The Hall–Kier alpha value is -2.57. The second kappa shape index (κ2) is 10.5. The van der Waals surface area contributed by atoms with Crippen LogP contribution in [-0.2, 0) is 14.2 Å². The van der Waals surface area contributed by atoms with Crippen molar-refractivity contribution in [1.29, 1.82) is 0 Å². The third-order valence-electron chi connectivity index (χ3n) is 3.69. The van der Waals surface area contributed by atoms with Crippen LogP contribution in [0.25, 0.3) is 0 Å². The minimum absolute atomic E-state index is 0.246. The Kier molecular flexibility index (Phi) is 8.10. The number of benzene rings is 2. The molecule has 7 heteroatoms. The molecule has 0 aromatic heterocycles. The summed E-state index contributed by atoms with van der Waals surface area (Å²) in [5, 5.41) is 3.14. The van der Waals surface area contributed by atoms with Gasteiger partial charge in [-0.3, -0.25) is 0 Å². The number of esters is 1. The monoisotopic (exact) mass is 391 g/mol. The lowest BCUT2D eigenvalue weighted by atomic mass is 9.99. The van der Waals surface area contributed by atoms with E-state index in [2.05, 4.69) is 10.1 Å². The van der Waals surface area contributed by atoms with Gasteiger partial charge in [0.1, 0.15) is 6.10 Å². The van der Waals surface area contributed by atoms with Gasteiger partial charge in [0.2, 0.25) is 0 Å². The molecule has 0 saturated carbocycles. The Balaban J connectivity index is 2.22. The quantitative estimate of drug-likeness (QED) is 0.544. The minimum Gasteiger partial charge on any atom is -0.462 e. The highest BCUT2D eigenvalue weighted by Crippen LogP contribution is 2.28. The lowest BCUT2D eigenvalue weighted by Gasteiger charge is -2.20. The molecule has 0 bridgehead atoms. The molecule has 1 amide bonds. The molecule has 2 aromatic rings. The van der Waals surface area contributed by atoms with Gasteiger partial charge in [-0.1, -0.05) is 35.9 Å². The number of ether oxygens (including phenoxy) is 3. The van der Waals surface area contributed by atoms with Crippen molar-refractivity contribution in [1.82, 2.24) is 5.32 Å². The maximum absolute atomic E-state index is 12.0. The summed E-state index contributed by atoms with van der Waals surface area (Å²) in [4.78, 5) is 23.2. The van der Waals surface area contributed by atoms with Crippen LogP contribution in [0.2, 0.25) is 5.02 Å². The van der Waals surface area contributed by atoms with Crippen molar-refractivity contribution in [3.05, 3.63) is 70.2 Å². The molecule has 0 spiro atoms. The van der Waals surface area contributed by atoms with Crippen LogP contribution in [0.1, 0.15) is 34.5 Å². The Morgan fingerprint density at radius 1 is 1.11 bits per heavy atom. The fraction of sp³-hybridized carbons (Fsp3) is 0.300. The lowest BCUT2D eigenvalue weighted by Crippen LogP contribution is -2.27. The van der Waals surface area contributed by atoms with Crippen LogP contribution in [0.4, 0.5) is 4.79 Å². The van der Waals surface area contributed by atoms with Crippen molar-refractivity contribution < 1.29 is 23.8 Å². The largest absolute Gasteiger partial charge is 0.462 e. The fourth-order valence-corrected chi connectivity index (χ4v) is 2.70. The highest BCUT2D eigenvalue weighted by Gasteiger charge is 2.17. The van der Waals surface area contributed by atoms with E-state index in [1.807, 2.05) is 18.2 Å². The normalized spacial score (nSPS) is 11.5. The Bertz CT molecular complexity index is 780. The van der Waals surface area contributed by atoms with E-state index in [-0.39, 0.29) is 13.2 Å². The summed E-state index contributed by atoms with van der Waals surface area (Å²) >= 11 is 6.12. The van der Waals surface area contributed by atoms with E-state index in [0.717, 1.165) is 11.1 Å². The first kappa shape index (κ1) is 20.7. The standard InChI is InChI=1S/C20H22ClNO5/c1-3-26-19(23)16-8-4-6-14(12-16)18(15-7-5-9-17(21)13-15)27-11-10-22-20(24)25-2/h4-9,12-13,18H,3,10-11H2,1-2H3,(H,22,24). The van der Waals surface area contributed by atoms with Gasteiger partial charge in [0.15, 0.2) is 0 Å². The van der Waals surface area contributed by atoms with Crippen molar-refractivity contribution in [2.24, 2.45) is 0 Å².